The van der Waals surface area contributed by atoms with Crippen molar-refractivity contribution in [3.05, 3.63) is 12.3 Å². The Kier molecular flexibility index (Phi) is 5.03. The highest BCUT2D eigenvalue weighted by molar-refractivity contribution is 4.99. The van der Waals surface area contributed by atoms with E-state index in [9.17, 15) is 0 Å². The molecule has 0 N–H and O–H groups in total. The largest absolute Gasteiger partial charge is 0.378 e. The van der Waals surface area contributed by atoms with Crippen LogP contribution in [0.3, 0.4) is 0 Å². The summed E-state index contributed by atoms with van der Waals surface area (Å²) in [5, 5.41) is 0. The van der Waals surface area contributed by atoms with Crippen molar-refractivity contribution < 1.29 is 0 Å². The first-order valence-corrected chi connectivity index (χ1v) is 4.94. The summed E-state index contributed by atoms with van der Waals surface area (Å²) in [5.41, 5.74) is 1.29. The van der Waals surface area contributed by atoms with E-state index in [0.717, 1.165) is 6.54 Å². The first-order chi connectivity index (χ1) is 5.54. The van der Waals surface area contributed by atoms with Gasteiger partial charge in [-0.25, -0.2) is 0 Å². The van der Waals surface area contributed by atoms with Gasteiger partial charge in [-0.3, -0.25) is 0 Å². The minimum Gasteiger partial charge on any atom is -0.378 e. The van der Waals surface area contributed by atoms with Crippen molar-refractivity contribution >= 4 is 0 Å². The molecule has 72 valence electrons. The standard InChI is InChI=1S/C11H23N/c1-7-11(9(3)4)10(5)12(6)8-2/h9,11H,5,7-8H2,1-4,6H3. The molecule has 0 aliphatic carbocycles. The summed E-state index contributed by atoms with van der Waals surface area (Å²) in [6, 6.07) is 0. The van der Waals surface area contributed by atoms with Crippen LogP contribution >= 0.6 is 0 Å². The van der Waals surface area contributed by atoms with Crippen LogP contribution in [0.1, 0.15) is 34.1 Å². The van der Waals surface area contributed by atoms with Gasteiger partial charge in [0.15, 0.2) is 0 Å². The fourth-order valence-electron chi connectivity index (χ4n) is 1.58. The molecule has 0 rings (SSSR count). The third-order valence-corrected chi connectivity index (χ3v) is 2.64. The van der Waals surface area contributed by atoms with Gasteiger partial charge in [-0.05, 0) is 19.3 Å². The Labute approximate surface area is 77.5 Å². The van der Waals surface area contributed by atoms with E-state index < -0.39 is 0 Å². The van der Waals surface area contributed by atoms with Crippen LogP contribution in [0.5, 0.6) is 0 Å². The van der Waals surface area contributed by atoms with Gasteiger partial charge < -0.3 is 4.90 Å². The summed E-state index contributed by atoms with van der Waals surface area (Å²) in [5.74, 6) is 1.35. The molecule has 0 fully saturated rings. The van der Waals surface area contributed by atoms with Gasteiger partial charge in [-0.1, -0.05) is 27.4 Å². The van der Waals surface area contributed by atoms with E-state index in [1.165, 1.54) is 12.1 Å². The average molecular weight is 169 g/mol. The second-order valence-corrected chi connectivity index (χ2v) is 3.76. The molecule has 1 unspecified atom stereocenters. The molecule has 0 aromatic heterocycles. The maximum Gasteiger partial charge on any atom is 0.0143 e. The molecule has 1 atom stereocenters. The van der Waals surface area contributed by atoms with Gasteiger partial charge in [0, 0.05) is 25.2 Å². The molecule has 0 amide bonds. The SMILES string of the molecule is C=C(C(CC)C(C)C)N(C)CC. The Balaban J connectivity index is 4.21. The Morgan fingerprint density at radius 2 is 1.83 bits per heavy atom. The fraction of sp³-hybridized carbons (Fsp3) is 0.818. The number of allylic oxidation sites excluding steroid dienone is 1. The van der Waals surface area contributed by atoms with Crippen LogP contribution < -0.4 is 0 Å². The lowest BCUT2D eigenvalue weighted by Gasteiger charge is -2.29. The Morgan fingerprint density at radius 3 is 2.08 bits per heavy atom. The van der Waals surface area contributed by atoms with Crippen LogP contribution in [0.25, 0.3) is 0 Å². The molecule has 1 heteroatoms. The van der Waals surface area contributed by atoms with E-state index in [4.69, 9.17) is 0 Å². The highest BCUT2D eigenvalue weighted by atomic mass is 15.1. The zero-order valence-electron chi connectivity index (χ0n) is 9.22. The molecule has 0 spiro atoms. The second-order valence-electron chi connectivity index (χ2n) is 3.76. The molecular weight excluding hydrogens is 146 g/mol. The van der Waals surface area contributed by atoms with E-state index in [1.54, 1.807) is 0 Å². The number of rotatable bonds is 5. The monoisotopic (exact) mass is 169 g/mol. The fourth-order valence-corrected chi connectivity index (χ4v) is 1.58. The first kappa shape index (κ1) is 11.5. The molecule has 0 aliphatic rings. The van der Waals surface area contributed by atoms with Gasteiger partial charge in [0.25, 0.3) is 0 Å². The quantitative estimate of drug-likeness (QED) is 0.611. The molecule has 0 heterocycles. The third kappa shape index (κ3) is 2.88. The van der Waals surface area contributed by atoms with Crippen LogP contribution in [0.15, 0.2) is 12.3 Å². The van der Waals surface area contributed by atoms with E-state index >= 15 is 0 Å². The predicted octanol–water partition coefficient (Wildman–Crippen LogP) is 3.13. The van der Waals surface area contributed by atoms with E-state index in [1.807, 2.05) is 0 Å². The van der Waals surface area contributed by atoms with Crippen molar-refractivity contribution in [2.45, 2.75) is 34.1 Å². The lowest BCUT2D eigenvalue weighted by Crippen LogP contribution is -2.24. The molecule has 12 heavy (non-hydrogen) atoms. The summed E-state index contributed by atoms with van der Waals surface area (Å²) < 4.78 is 0. The van der Waals surface area contributed by atoms with Crippen molar-refractivity contribution in [1.29, 1.82) is 0 Å². The molecule has 0 aliphatic heterocycles. The maximum atomic E-state index is 4.14. The Hall–Kier alpha value is -0.460. The van der Waals surface area contributed by atoms with Crippen molar-refractivity contribution in [3.63, 3.8) is 0 Å². The van der Waals surface area contributed by atoms with Gasteiger partial charge in [0.1, 0.15) is 0 Å². The zero-order chi connectivity index (χ0) is 9.72. The summed E-state index contributed by atoms with van der Waals surface area (Å²) in [4.78, 5) is 2.24. The lowest BCUT2D eigenvalue weighted by atomic mass is 9.90. The first-order valence-electron chi connectivity index (χ1n) is 4.94. The number of hydrogen-bond acceptors (Lipinski definition) is 1. The van der Waals surface area contributed by atoms with E-state index in [-0.39, 0.29) is 0 Å². The molecule has 0 aromatic carbocycles. The highest BCUT2D eigenvalue weighted by Crippen LogP contribution is 2.24. The Bertz CT molecular complexity index is 138. The topological polar surface area (TPSA) is 3.24 Å². The van der Waals surface area contributed by atoms with Gasteiger partial charge in [0.2, 0.25) is 0 Å². The number of nitrogens with zero attached hydrogens (tertiary/aromatic N) is 1. The van der Waals surface area contributed by atoms with Gasteiger partial charge >= 0.3 is 0 Å². The van der Waals surface area contributed by atoms with Crippen LogP contribution in [-0.2, 0) is 0 Å². The highest BCUT2D eigenvalue weighted by Gasteiger charge is 2.16. The van der Waals surface area contributed by atoms with E-state index in [2.05, 4.69) is 46.2 Å². The van der Waals surface area contributed by atoms with Crippen LogP contribution in [0.4, 0.5) is 0 Å². The minimum absolute atomic E-state index is 0.648. The third-order valence-electron chi connectivity index (χ3n) is 2.64. The van der Waals surface area contributed by atoms with Gasteiger partial charge in [0.05, 0.1) is 0 Å². The predicted molar refractivity (Wildman–Crippen MR) is 56.1 cm³/mol. The molecule has 0 radical (unpaired) electrons. The zero-order valence-corrected chi connectivity index (χ0v) is 9.22. The average Bonchev–Trinajstić information content (AvgIpc) is 2.03. The number of hydrogen-bond donors (Lipinski definition) is 0. The summed E-state index contributed by atoms with van der Waals surface area (Å²) >= 11 is 0. The van der Waals surface area contributed by atoms with Crippen LogP contribution in [0, 0.1) is 11.8 Å². The maximum absolute atomic E-state index is 4.14. The summed E-state index contributed by atoms with van der Waals surface area (Å²) in [6.45, 7) is 14.1. The molecule has 0 aromatic rings. The molecule has 0 bridgehead atoms. The van der Waals surface area contributed by atoms with Crippen LogP contribution in [-0.4, -0.2) is 18.5 Å². The second kappa shape index (κ2) is 5.23. The normalized spacial score (nSPS) is 13.2. The van der Waals surface area contributed by atoms with Crippen molar-refractivity contribution in [2.24, 2.45) is 11.8 Å². The molecular formula is C11H23N. The molecule has 1 nitrogen and oxygen atoms in total. The van der Waals surface area contributed by atoms with Gasteiger partial charge in [-0.15, -0.1) is 0 Å². The smallest absolute Gasteiger partial charge is 0.0143 e. The van der Waals surface area contributed by atoms with Gasteiger partial charge in [-0.2, -0.15) is 0 Å². The minimum atomic E-state index is 0.648. The van der Waals surface area contributed by atoms with Crippen LogP contribution in [0.2, 0.25) is 0 Å². The van der Waals surface area contributed by atoms with E-state index in [0.29, 0.717) is 11.8 Å². The molecule has 0 saturated carbocycles. The molecule has 0 saturated heterocycles. The van der Waals surface area contributed by atoms with Crippen molar-refractivity contribution in [3.8, 4) is 0 Å². The summed E-state index contributed by atoms with van der Waals surface area (Å²) in [7, 11) is 2.12. The Morgan fingerprint density at radius 1 is 1.33 bits per heavy atom. The van der Waals surface area contributed by atoms with Crippen molar-refractivity contribution in [1.82, 2.24) is 4.90 Å². The summed E-state index contributed by atoms with van der Waals surface area (Å²) in [6.07, 6.45) is 1.20. The van der Waals surface area contributed by atoms with Crippen molar-refractivity contribution in [2.75, 3.05) is 13.6 Å². The lowest BCUT2D eigenvalue weighted by molar-refractivity contribution is 0.315.